The average molecular weight is 286 g/mol. The van der Waals surface area contributed by atoms with Crippen LogP contribution in [0.3, 0.4) is 0 Å². The highest BCUT2D eigenvalue weighted by Crippen LogP contribution is 2.27. The zero-order valence-electron chi connectivity index (χ0n) is 10.7. The molecule has 20 heavy (non-hydrogen) atoms. The summed E-state index contributed by atoms with van der Waals surface area (Å²) in [6.45, 7) is -0.773. The van der Waals surface area contributed by atoms with Crippen molar-refractivity contribution in [3.8, 4) is 5.75 Å². The van der Waals surface area contributed by atoms with Crippen molar-refractivity contribution in [3.63, 3.8) is 0 Å². The Morgan fingerprint density at radius 2 is 1.70 bits per heavy atom. The van der Waals surface area contributed by atoms with Gasteiger partial charge in [-0.2, -0.15) is 0 Å². The molecule has 112 valence electrons. The van der Waals surface area contributed by atoms with Crippen molar-refractivity contribution in [1.29, 1.82) is 0 Å². The minimum atomic E-state index is -1.46. The van der Waals surface area contributed by atoms with Crippen LogP contribution in [0.15, 0.2) is 24.3 Å². The van der Waals surface area contributed by atoms with E-state index in [-0.39, 0.29) is 12.4 Å². The zero-order valence-corrected chi connectivity index (χ0v) is 10.7. The van der Waals surface area contributed by atoms with Gasteiger partial charge in [0.05, 0.1) is 13.2 Å². The summed E-state index contributed by atoms with van der Waals surface area (Å²) < 4.78 is 10.8. The molecule has 7 nitrogen and oxygen atoms in total. The van der Waals surface area contributed by atoms with Gasteiger partial charge in [-0.15, -0.1) is 0 Å². The topological polar surface area (TPSA) is 120 Å². The van der Waals surface area contributed by atoms with E-state index in [1.165, 1.54) is 12.1 Å². The highest BCUT2D eigenvalue weighted by molar-refractivity contribution is 5.26. The van der Waals surface area contributed by atoms with Crippen LogP contribution in [0.25, 0.3) is 0 Å². The van der Waals surface area contributed by atoms with Crippen LogP contribution in [0.2, 0.25) is 0 Å². The Labute approximate surface area is 115 Å². The van der Waals surface area contributed by atoms with Gasteiger partial charge >= 0.3 is 0 Å². The normalized spacial score (nSPS) is 35.3. The smallest absolute Gasteiger partial charge is 0.184 e. The first kappa shape index (κ1) is 15.2. The average Bonchev–Trinajstić information content (AvgIpc) is 2.46. The van der Waals surface area contributed by atoms with Crippen LogP contribution in [0, 0.1) is 0 Å². The molecule has 0 bridgehead atoms. The number of hydrogen-bond donors (Lipinski definition) is 5. The lowest BCUT2D eigenvalue weighted by atomic mass is 10.0. The number of phenolic OH excluding ortho intramolecular Hbond substituents is 1. The molecule has 1 saturated heterocycles. The summed E-state index contributed by atoms with van der Waals surface area (Å²) in [5, 5.41) is 47.6. The Hall–Kier alpha value is -1.22. The van der Waals surface area contributed by atoms with E-state index in [0.29, 0.717) is 5.56 Å². The number of aromatic hydroxyl groups is 1. The Balaban J connectivity index is 2.19. The molecule has 0 spiro atoms. The van der Waals surface area contributed by atoms with Gasteiger partial charge in [0.2, 0.25) is 0 Å². The third kappa shape index (κ3) is 3.26. The molecule has 1 aliphatic rings. The lowest BCUT2D eigenvalue weighted by molar-refractivity contribution is -0.256. The number of ether oxygens (including phenoxy) is 2. The second-order valence-electron chi connectivity index (χ2n) is 4.66. The fourth-order valence-corrected chi connectivity index (χ4v) is 1.97. The summed E-state index contributed by atoms with van der Waals surface area (Å²) in [6.07, 6.45) is -6.21. The van der Waals surface area contributed by atoms with Crippen molar-refractivity contribution >= 4 is 0 Å². The van der Waals surface area contributed by atoms with E-state index in [9.17, 15) is 25.5 Å². The highest BCUT2D eigenvalue weighted by Gasteiger charge is 2.36. The Morgan fingerprint density at radius 3 is 2.30 bits per heavy atom. The van der Waals surface area contributed by atoms with Crippen LogP contribution in [0.4, 0.5) is 0 Å². The second kappa shape index (κ2) is 6.49. The molecule has 1 unspecified atom stereocenters. The summed E-state index contributed by atoms with van der Waals surface area (Å²) in [7, 11) is 0. The van der Waals surface area contributed by atoms with Crippen LogP contribution in [-0.2, 0) is 9.47 Å². The molecule has 1 aromatic carbocycles. The van der Waals surface area contributed by atoms with Crippen LogP contribution in [0.1, 0.15) is 11.9 Å². The molecule has 5 N–H and O–H groups in total. The summed E-state index contributed by atoms with van der Waals surface area (Å²) >= 11 is 0. The van der Waals surface area contributed by atoms with Crippen LogP contribution >= 0.6 is 0 Å². The van der Waals surface area contributed by atoms with E-state index in [4.69, 9.17) is 9.47 Å². The van der Waals surface area contributed by atoms with Crippen LogP contribution in [0.5, 0.6) is 5.75 Å². The number of benzene rings is 1. The largest absolute Gasteiger partial charge is 0.508 e. The maximum atomic E-state index is 9.83. The molecule has 0 aromatic heterocycles. The molecule has 0 radical (unpaired) electrons. The second-order valence-corrected chi connectivity index (χ2v) is 4.66. The number of aliphatic hydroxyl groups excluding tert-OH is 4. The summed E-state index contributed by atoms with van der Waals surface area (Å²) in [6, 6.07) is 6.00. The van der Waals surface area contributed by atoms with Gasteiger partial charge in [-0.25, -0.2) is 0 Å². The molecule has 1 aliphatic heterocycles. The fourth-order valence-electron chi connectivity index (χ4n) is 1.97. The molecule has 0 aliphatic carbocycles. The van der Waals surface area contributed by atoms with Crippen molar-refractivity contribution in [2.24, 2.45) is 0 Å². The summed E-state index contributed by atoms with van der Waals surface area (Å²) in [4.78, 5) is 0. The van der Waals surface area contributed by atoms with Gasteiger partial charge < -0.3 is 35.0 Å². The first-order valence-electron chi connectivity index (χ1n) is 6.24. The highest BCUT2D eigenvalue weighted by atomic mass is 16.7. The first-order chi connectivity index (χ1) is 9.52. The zero-order chi connectivity index (χ0) is 14.7. The molecular weight excluding hydrogens is 268 g/mol. The quantitative estimate of drug-likeness (QED) is 0.467. The standard InChI is InChI=1S/C13H18O7/c14-5-10-12(18)11(17)9(16)6-19-13(20-10)7-1-3-8(15)4-2-7/h1-4,9-18H,5-6H2/t9-,10+,11-,12-,13?/m1/s1. The Morgan fingerprint density at radius 1 is 1.05 bits per heavy atom. The van der Waals surface area contributed by atoms with Crippen molar-refractivity contribution in [1.82, 2.24) is 0 Å². The molecule has 1 aromatic rings. The minimum absolute atomic E-state index is 0.0776. The SMILES string of the molecule is OC[C@@H]1OC(c2ccc(O)cc2)OC[C@@H](O)[C@@H](O)[C@@H]1O. The minimum Gasteiger partial charge on any atom is -0.508 e. The molecule has 0 amide bonds. The molecular formula is C13H18O7. The lowest BCUT2D eigenvalue weighted by Gasteiger charge is -2.34. The van der Waals surface area contributed by atoms with Crippen molar-refractivity contribution in [2.45, 2.75) is 30.7 Å². The first-order valence-corrected chi connectivity index (χ1v) is 6.24. The molecule has 2 rings (SSSR count). The van der Waals surface area contributed by atoms with Gasteiger partial charge in [-0.05, 0) is 12.1 Å². The summed E-state index contributed by atoms with van der Waals surface area (Å²) in [5.74, 6) is 0.0776. The number of aliphatic hydroxyl groups is 4. The Kier molecular flexibility index (Phi) is 4.92. The van der Waals surface area contributed by atoms with Gasteiger partial charge in [-0.1, -0.05) is 12.1 Å². The van der Waals surface area contributed by atoms with Crippen molar-refractivity contribution < 1.29 is 35.0 Å². The predicted octanol–water partition coefficient (Wildman–Crippen LogP) is -1.12. The van der Waals surface area contributed by atoms with Gasteiger partial charge in [0.25, 0.3) is 0 Å². The van der Waals surface area contributed by atoms with Gasteiger partial charge in [0.1, 0.15) is 30.2 Å². The molecule has 1 fully saturated rings. The number of rotatable bonds is 2. The van der Waals surface area contributed by atoms with Gasteiger partial charge in [0, 0.05) is 5.56 Å². The number of phenols is 1. The van der Waals surface area contributed by atoms with E-state index in [0.717, 1.165) is 0 Å². The van der Waals surface area contributed by atoms with Gasteiger partial charge in [0.15, 0.2) is 6.29 Å². The third-order valence-corrected chi connectivity index (χ3v) is 3.19. The molecule has 0 saturated carbocycles. The maximum absolute atomic E-state index is 9.83. The van der Waals surface area contributed by atoms with Crippen LogP contribution in [-0.4, -0.2) is 63.2 Å². The van der Waals surface area contributed by atoms with E-state index in [2.05, 4.69) is 0 Å². The van der Waals surface area contributed by atoms with E-state index in [1.54, 1.807) is 12.1 Å². The molecule has 1 heterocycles. The number of hydrogen-bond acceptors (Lipinski definition) is 7. The Bertz CT molecular complexity index is 421. The molecule has 5 atom stereocenters. The van der Waals surface area contributed by atoms with E-state index >= 15 is 0 Å². The summed E-state index contributed by atoms with van der Waals surface area (Å²) in [5.41, 5.74) is 0.553. The maximum Gasteiger partial charge on any atom is 0.184 e. The van der Waals surface area contributed by atoms with E-state index in [1.807, 2.05) is 0 Å². The fraction of sp³-hybridized carbons (Fsp3) is 0.538. The van der Waals surface area contributed by atoms with Crippen molar-refractivity contribution in [3.05, 3.63) is 29.8 Å². The predicted molar refractivity (Wildman–Crippen MR) is 66.8 cm³/mol. The van der Waals surface area contributed by atoms with Gasteiger partial charge in [-0.3, -0.25) is 0 Å². The third-order valence-electron chi connectivity index (χ3n) is 3.19. The van der Waals surface area contributed by atoms with E-state index < -0.39 is 37.3 Å². The molecule has 7 heteroatoms. The van der Waals surface area contributed by atoms with Crippen LogP contribution < -0.4 is 0 Å². The monoisotopic (exact) mass is 286 g/mol. The van der Waals surface area contributed by atoms with Crippen molar-refractivity contribution in [2.75, 3.05) is 13.2 Å². The lowest BCUT2D eigenvalue weighted by Crippen LogP contribution is -2.51.